The number of ether oxygens (including phenoxy) is 1. The summed E-state index contributed by atoms with van der Waals surface area (Å²) < 4.78 is 29.2. The quantitative estimate of drug-likeness (QED) is 0.589. The van der Waals surface area contributed by atoms with Crippen molar-refractivity contribution in [3.05, 3.63) is 16.5 Å². The van der Waals surface area contributed by atoms with Gasteiger partial charge >= 0.3 is 5.97 Å². The fraction of sp³-hybridized carbons (Fsp3) is 0.700. The van der Waals surface area contributed by atoms with Gasteiger partial charge in [0.15, 0.2) is 9.84 Å². The minimum Gasteiger partial charge on any atom is -0.462 e. The fourth-order valence-electron chi connectivity index (χ4n) is 3.92. The van der Waals surface area contributed by atoms with Crippen molar-refractivity contribution in [3.63, 3.8) is 0 Å². The zero-order valence-corrected chi connectivity index (χ0v) is 19.5. The number of carbonyl (C=O) groups is 2. The van der Waals surface area contributed by atoms with Crippen molar-refractivity contribution >= 4 is 38.1 Å². The van der Waals surface area contributed by atoms with Gasteiger partial charge in [0.1, 0.15) is 5.00 Å². The predicted molar refractivity (Wildman–Crippen MR) is 116 cm³/mol. The number of rotatable bonds is 9. The number of likely N-dealkylation sites (N-methyl/N-ethyl adjacent to an activating group) is 1. The molecule has 1 fully saturated rings. The molecule has 1 saturated carbocycles. The third-order valence-corrected chi connectivity index (χ3v) is 7.75. The highest BCUT2D eigenvalue weighted by Gasteiger charge is 2.37. The van der Waals surface area contributed by atoms with Gasteiger partial charge < -0.3 is 10.1 Å². The molecule has 1 aromatic rings. The van der Waals surface area contributed by atoms with Crippen LogP contribution < -0.4 is 5.32 Å². The average Bonchev–Trinajstić information content (AvgIpc) is 3.21. The molecule has 0 bridgehead atoms. The van der Waals surface area contributed by atoms with Gasteiger partial charge in [0, 0.05) is 12.3 Å². The van der Waals surface area contributed by atoms with E-state index in [1.165, 1.54) is 17.6 Å². The summed E-state index contributed by atoms with van der Waals surface area (Å²) in [6.07, 6.45) is 4.21. The molecule has 0 spiro atoms. The summed E-state index contributed by atoms with van der Waals surface area (Å²) in [4.78, 5) is 26.9. The molecule has 2 atom stereocenters. The highest BCUT2D eigenvalue weighted by molar-refractivity contribution is 7.91. The zero-order valence-electron chi connectivity index (χ0n) is 17.9. The number of esters is 1. The van der Waals surface area contributed by atoms with Crippen molar-refractivity contribution in [2.45, 2.75) is 57.7 Å². The Morgan fingerprint density at radius 1 is 1.34 bits per heavy atom. The van der Waals surface area contributed by atoms with Crippen molar-refractivity contribution in [2.24, 2.45) is 5.92 Å². The third kappa shape index (κ3) is 6.26. The molecule has 1 aliphatic carbocycles. The van der Waals surface area contributed by atoms with E-state index in [-0.39, 0.29) is 25.1 Å². The van der Waals surface area contributed by atoms with Crippen molar-refractivity contribution in [1.29, 1.82) is 0 Å². The standard InChI is InChI=1S/C20H32N2O5S2/c1-6-27-20(24)18-14(10-13(2)3)12-28-19(18)21-17(23)11-22(4)15-8-7-9-16(15)29(5,25)26/h12-13,15-16H,6-11H2,1-5H3,(H,21,23). The van der Waals surface area contributed by atoms with Crippen LogP contribution in [0.4, 0.5) is 5.00 Å². The Labute approximate surface area is 177 Å². The number of amides is 1. The summed E-state index contributed by atoms with van der Waals surface area (Å²) in [7, 11) is -1.38. The normalized spacial score (nSPS) is 19.7. The monoisotopic (exact) mass is 444 g/mol. The highest BCUT2D eigenvalue weighted by Crippen LogP contribution is 2.32. The minimum absolute atomic E-state index is 0.0658. The molecule has 1 aliphatic rings. The molecule has 0 saturated heterocycles. The molecule has 29 heavy (non-hydrogen) atoms. The summed E-state index contributed by atoms with van der Waals surface area (Å²) in [5.41, 5.74) is 1.30. The van der Waals surface area contributed by atoms with Gasteiger partial charge in [-0.1, -0.05) is 20.3 Å². The summed E-state index contributed by atoms with van der Waals surface area (Å²) in [5.74, 6) is -0.334. The Balaban J connectivity index is 2.12. The van der Waals surface area contributed by atoms with Crippen LogP contribution in [-0.4, -0.2) is 62.9 Å². The lowest BCUT2D eigenvalue weighted by atomic mass is 10.0. The van der Waals surface area contributed by atoms with Gasteiger partial charge in [-0.15, -0.1) is 11.3 Å². The lowest BCUT2D eigenvalue weighted by molar-refractivity contribution is -0.117. The van der Waals surface area contributed by atoms with Gasteiger partial charge in [0.2, 0.25) is 5.91 Å². The Morgan fingerprint density at radius 3 is 2.62 bits per heavy atom. The maximum absolute atomic E-state index is 12.7. The predicted octanol–water partition coefficient (Wildman–Crippen LogP) is 2.96. The van der Waals surface area contributed by atoms with E-state index in [0.29, 0.717) is 22.9 Å². The van der Waals surface area contributed by atoms with Gasteiger partial charge in [0.25, 0.3) is 0 Å². The van der Waals surface area contributed by atoms with Crippen LogP contribution in [0.3, 0.4) is 0 Å². The Kier molecular flexibility index (Phi) is 8.25. The van der Waals surface area contributed by atoms with Crippen molar-refractivity contribution in [2.75, 3.05) is 31.8 Å². The largest absolute Gasteiger partial charge is 0.462 e. The van der Waals surface area contributed by atoms with Crippen molar-refractivity contribution < 1.29 is 22.7 Å². The van der Waals surface area contributed by atoms with Crippen molar-refractivity contribution in [1.82, 2.24) is 4.90 Å². The van der Waals surface area contributed by atoms with Gasteiger partial charge in [-0.05, 0) is 50.1 Å². The van der Waals surface area contributed by atoms with Crippen LogP contribution in [0.2, 0.25) is 0 Å². The third-order valence-electron chi connectivity index (χ3n) is 5.15. The molecule has 2 rings (SSSR count). The van der Waals surface area contributed by atoms with Crippen LogP contribution in [0.1, 0.15) is 56.0 Å². The first-order chi connectivity index (χ1) is 13.5. The van der Waals surface area contributed by atoms with E-state index in [1.54, 1.807) is 18.9 Å². The molecule has 1 aromatic heterocycles. The molecule has 1 amide bonds. The zero-order chi connectivity index (χ0) is 21.8. The maximum Gasteiger partial charge on any atom is 0.341 e. The first kappa shape index (κ1) is 23.8. The molecule has 7 nitrogen and oxygen atoms in total. The lowest BCUT2D eigenvalue weighted by Crippen LogP contribution is -2.44. The Bertz CT molecular complexity index is 832. The molecular formula is C20H32N2O5S2. The van der Waals surface area contributed by atoms with E-state index in [2.05, 4.69) is 19.2 Å². The Hall–Kier alpha value is -1.45. The molecule has 0 aliphatic heterocycles. The SMILES string of the molecule is CCOC(=O)c1c(CC(C)C)csc1NC(=O)CN(C)C1CCCC1S(C)(=O)=O. The van der Waals surface area contributed by atoms with Gasteiger partial charge in [-0.2, -0.15) is 0 Å². The smallest absolute Gasteiger partial charge is 0.341 e. The highest BCUT2D eigenvalue weighted by atomic mass is 32.2. The minimum atomic E-state index is -3.16. The summed E-state index contributed by atoms with van der Waals surface area (Å²) >= 11 is 1.32. The summed E-state index contributed by atoms with van der Waals surface area (Å²) in [6, 6.07) is -0.167. The Morgan fingerprint density at radius 2 is 2.03 bits per heavy atom. The molecule has 164 valence electrons. The fourth-order valence-corrected chi connectivity index (χ4v) is 6.41. The second-order valence-corrected chi connectivity index (χ2v) is 11.3. The molecule has 0 radical (unpaired) electrons. The first-order valence-corrected chi connectivity index (χ1v) is 12.8. The van der Waals surface area contributed by atoms with Crippen LogP contribution in [-0.2, 0) is 25.8 Å². The van der Waals surface area contributed by atoms with Gasteiger partial charge in [-0.25, -0.2) is 13.2 Å². The van der Waals surface area contributed by atoms with Crippen LogP contribution in [0.15, 0.2) is 5.38 Å². The number of anilines is 1. The number of sulfone groups is 1. The number of nitrogens with zero attached hydrogens (tertiary/aromatic N) is 1. The van der Waals surface area contributed by atoms with E-state index >= 15 is 0 Å². The van der Waals surface area contributed by atoms with Gasteiger partial charge in [0.05, 0.1) is 24.0 Å². The van der Waals surface area contributed by atoms with E-state index in [4.69, 9.17) is 4.74 Å². The second kappa shape index (κ2) is 10.0. The van der Waals surface area contributed by atoms with Gasteiger partial charge in [-0.3, -0.25) is 9.69 Å². The molecule has 9 heteroatoms. The van der Waals surface area contributed by atoms with Crippen LogP contribution in [0, 0.1) is 5.92 Å². The number of hydrogen-bond donors (Lipinski definition) is 1. The first-order valence-electron chi connectivity index (χ1n) is 10.0. The summed E-state index contributed by atoms with van der Waals surface area (Å²) in [5, 5.41) is 4.78. The number of nitrogens with one attached hydrogen (secondary N) is 1. The molecule has 1 N–H and O–H groups in total. The van der Waals surface area contributed by atoms with Crippen LogP contribution in [0.25, 0.3) is 0 Å². The van der Waals surface area contributed by atoms with E-state index < -0.39 is 21.1 Å². The van der Waals surface area contributed by atoms with Crippen LogP contribution in [0.5, 0.6) is 0 Å². The summed E-state index contributed by atoms with van der Waals surface area (Å²) in [6.45, 7) is 6.22. The molecule has 1 heterocycles. The second-order valence-electron chi connectivity index (χ2n) is 8.11. The maximum atomic E-state index is 12.7. The number of carbonyl (C=O) groups excluding carboxylic acids is 2. The molecule has 0 aromatic carbocycles. The van der Waals surface area contributed by atoms with E-state index in [9.17, 15) is 18.0 Å². The van der Waals surface area contributed by atoms with Crippen LogP contribution >= 0.6 is 11.3 Å². The van der Waals surface area contributed by atoms with Crippen molar-refractivity contribution in [3.8, 4) is 0 Å². The lowest BCUT2D eigenvalue weighted by Gasteiger charge is -2.28. The topological polar surface area (TPSA) is 92.8 Å². The molecular weight excluding hydrogens is 412 g/mol. The average molecular weight is 445 g/mol. The number of hydrogen-bond acceptors (Lipinski definition) is 7. The number of thiophene rings is 1. The molecule has 2 unspecified atom stereocenters. The van der Waals surface area contributed by atoms with E-state index in [0.717, 1.165) is 24.8 Å². The van der Waals surface area contributed by atoms with E-state index in [1.807, 2.05) is 5.38 Å².